The third-order valence-corrected chi connectivity index (χ3v) is 3.10. The number of carbonyl (C=O) groups excluding carboxylic acids is 2. The summed E-state index contributed by atoms with van der Waals surface area (Å²) in [5.41, 5.74) is -0.853. The van der Waals surface area contributed by atoms with E-state index in [9.17, 15) is 9.59 Å². The van der Waals surface area contributed by atoms with E-state index in [1.807, 2.05) is 13.8 Å². The van der Waals surface area contributed by atoms with Crippen LogP contribution in [0.25, 0.3) is 0 Å². The van der Waals surface area contributed by atoms with Crippen LogP contribution in [0.1, 0.15) is 41.0 Å². The molecule has 0 N–H and O–H groups in total. The maximum atomic E-state index is 12.1. The molecule has 0 aliphatic carbocycles. The minimum absolute atomic E-state index is 0.288. The van der Waals surface area contributed by atoms with Crippen LogP contribution >= 0.6 is 0 Å². The lowest BCUT2D eigenvalue weighted by atomic mass is 9.85. The van der Waals surface area contributed by atoms with Crippen LogP contribution in [-0.4, -0.2) is 42.3 Å². The Kier molecular flexibility index (Phi) is 3.93. The van der Waals surface area contributed by atoms with Crippen molar-refractivity contribution < 1.29 is 19.1 Å². The number of hydrogen-bond acceptors (Lipinski definition) is 4. The number of methoxy groups -OCH3 is 1. The van der Waals surface area contributed by atoms with Crippen molar-refractivity contribution in [1.29, 1.82) is 0 Å². The average molecular weight is 257 g/mol. The molecule has 0 spiro atoms. The molecule has 5 nitrogen and oxygen atoms in total. The maximum Gasteiger partial charge on any atom is 0.411 e. The van der Waals surface area contributed by atoms with Gasteiger partial charge in [0.2, 0.25) is 0 Å². The molecule has 1 atom stereocenters. The van der Waals surface area contributed by atoms with E-state index in [0.717, 1.165) is 6.42 Å². The van der Waals surface area contributed by atoms with E-state index in [1.165, 1.54) is 12.0 Å². The molecule has 1 aliphatic rings. The van der Waals surface area contributed by atoms with Gasteiger partial charge in [0.05, 0.1) is 7.11 Å². The van der Waals surface area contributed by atoms with Crippen molar-refractivity contribution in [1.82, 2.24) is 4.90 Å². The molecule has 1 unspecified atom stereocenters. The standard InChI is InChI=1S/C13H23NO4/c1-12(2,3)18-11(16)14-8-7-13(4,5)9(14)10(15)17-6/h9H,7-8H2,1-6H3. The van der Waals surface area contributed by atoms with Gasteiger partial charge in [-0.05, 0) is 32.6 Å². The molecule has 1 fully saturated rings. The Morgan fingerprint density at radius 3 is 2.28 bits per heavy atom. The molecule has 0 saturated carbocycles. The van der Waals surface area contributed by atoms with Crippen LogP contribution in [0.3, 0.4) is 0 Å². The number of esters is 1. The van der Waals surface area contributed by atoms with Gasteiger partial charge in [-0.1, -0.05) is 13.8 Å². The van der Waals surface area contributed by atoms with Crippen LogP contribution in [0, 0.1) is 5.41 Å². The van der Waals surface area contributed by atoms with Crippen molar-refractivity contribution in [2.24, 2.45) is 5.41 Å². The minimum Gasteiger partial charge on any atom is -0.467 e. The Morgan fingerprint density at radius 1 is 1.28 bits per heavy atom. The maximum absolute atomic E-state index is 12.1. The van der Waals surface area contributed by atoms with Gasteiger partial charge in [0.25, 0.3) is 0 Å². The summed E-state index contributed by atoms with van der Waals surface area (Å²) in [6.45, 7) is 9.84. The van der Waals surface area contributed by atoms with Crippen molar-refractivity contribution in [3.05, 3.63) is 0 Å². The Bertz CT molecular complexity index is 343. The lowest BCUT2D eigenvalue weighted by molar-refractivity contribution is -0.148. The molecular weight excluding hydrogens is 234 g/mol. The van der Waals surface area contributed by atoms with Gasteiger partial charge in [0.1, 0.15) is 11.6 Å². The number of nitrogens with zero attached hydrogens (tertiary/aromatic N) is 1. The normalized spacial score (nSPS) is 22.8. The predicted molar refractivity (Wildman–Crippen MR) is 67.1 cm³/mol. The summed E-state index contributed by atoms with van der Waals surface area (Å²) in [5.74, 6) is -0.386. The molecule has 1 rings (SSSR count). The lowest BCUT2D eigenvalue weighted by Gasteiger charge is -2.31. The van der Waals surface area contributed by atoms with E-state index >= 15 is 0 Å². The van der Waals surface area contributed by atoms with E-state index in [2.05, 4.69) is 0 Å². The minimum atomic E-state index is -0.572. The predicted octanol–water partition coefficient (Wildman–Crippen LogP) is 2.19. The molecule has 104 valence electrons. The van der Waals surface area contributed by atoms with Gasteiger partial charge >= 0.3 is 12.1 Å². The van der Waals surface area contributed by atoms with E-state index in [-0.39, 0.29) is 11.4 Å². The van der Waals surface area contributed by atoms with Crippen LogP contribution in [0.15, 0.2) is 0 Å². The van der Waals surface area contributed by atoms with Crippen LogP contribution in [0.4, 0.5) is 4.79 Å². The molecule has 1 aliphatic heterocycles. The van der Waals surface area contributed by atoms with Gasteiger partial charge < -0.3 is 9.47 Å². The van der Waals surface area contributed by atoms with Crippen molar-refractivity contribution in [2.75, 3.05) is 13.7 Å². The fourth-order valence-electron chi connectivity index (χ4n) is 2.17. The highest BCUT2D eigenvalue weighted by atomic mass is 16.6. The molecule has 0 aromatic carbocycles. The van der Waals surface area contributed by atoms with Crippen molar-refractivity contribution in [2.45, 2.75) is 52.7 Å². The average Bonchev–Trinajstić information content (AvgIpc) is 2.50. The van der Waals surface area contributed by atoms with E-state index in [4.69, 9.17) is 9.47 Å². The van der Waals surface area contributed by atoms with Gasteiger partial charge in [-0.3, -0.25) is 4.90 Å². The Morgan fingerprint density at radius 2 is 1.83 bits per heavy atom. The van der Waals surface area contributed by atoms with Gasteiger partial charge in [-0.25, -0.2) is 9.59 Å². The second-order valence-corrected chi connectivity index (χ2v) is 6.34. The number of rotatable bonds is 1. The third-order valence-electron chi connectivity index (χ3n) is 3.10. The Labute approximate surface area is 108 Å². The van der Waals surface area contributed by atoms with E-state index in [0.29, 0.717) is 6.54 Å². The fraction of sp³-hybridized carbons (Fsp3) is 0.846. The molecule has 18 heavy (non-hydrogen) atoms. The summed E-state index contributed by atoms with van der Waals surface area (Å²) in [5, 5.41) is 0. The second kappa shape index (κ2) is 4.78. The number of carbonyl (C=O) groups is 2. The monoisotopic (exact) mass is 257 g/mol. The summed E-state index contributed by atoms with van der Waals surface area (Å²) in [4.78, 5) is 25.4. The largest absolute Gasteiger partial charge is 0.467 e. The summed E-state index contributed by atoms with van der Waals surface area (Å²) >= 11 is 0. The number of ether oxygens (including phenoxy) is 2. The van der Waals surface area contributed by atoms with Gasteiger partial charge in [-0.15, -0.1) is 0 Å². The molecule has 1 heterocycles. The van der Waals surface area contributed by atoms with Crippen LogP contribution in [0.2, 0.25) is 0 Å². The third kappa shape index (κ3) is 3.15. The lowest BCUT2D eigenvalue weighted by Crippen LogP contribution is -2.48. The zero-order valence-electron chi connectivity index (χ0n) is 12.1. The van der Waals surface area contributed by atoms with Crippen molar-refractivity contribution in [3.63, 3.8) is 0 Å². The Balaban J connectivity index is 2.88. The molecule has 0 bridgehead atoms. The molecule has 1 amide bonds. The molecule has 5 heteroatoms. The molecule has 0 radical (unpaired) electrons. The van der Waals surface area contributed by atoms with Crippen LogP contribution < -0.4 is 0 Å². The van der Waals surface area contributed by atoms with Gasteiger partial charge in [0.15, 0.2) is 0 Å². The molecule has 1 saturated heterocycles. The summed E-state index contributed by atoms with van der Waals surface area (Å²) < 4.78 is 10.1. The van der Waals surface area contributed by atoms with Crippen molar-refractivity contribution >= 4 is 12.1 Å². The highest BCUT2D eigenvalue weighted by molar-refractivity contribution is 5.83. The smallest absolute Gasteiger partial charge is 0.411 e. The first kappa shape index (κ1) is 14.8. The number of likely N-dealkylation sites (tertiary alicyclic amines) is 1. The summed E-state index contributed by atoms with van der Waals surface area (Å²) in [6, 6.07) is -0.572. The topological polar surface area (TPSA) is 55.8 Å². The van der Waals surface area contributed by atoms with Gasteiger partial charge in [0, 0.05) is 6.54 Å². The first-order valence-electron chi connectivity index (χ1n) is 6.16. The second-order valence-electron chi connectivity index (χ2n) is 6.34. The SMILES string of the molecule is COC(=O)C1N(C(=O)OC(C)(C)C)CCC1(C)C. The van der Waals surface area contributed by atoms with E-state index in [1.54, 1.807) is 20.8 Å². The first-order valence-corrected chi connectivity index (χ1v) is 6.16. The number of amides is 1. The van der Waals surface area contributed by atoms with Crippen molar-refractivity contribution in [3.8, 4) is 0 Å². The number of hydrogen-bond donors (Lipinski definition) is 0. The molecule has 0 aromatic heterocycles. The molecular formula is C13H23NO4. The van der Waals surface area contributed by atoms with Gasteiger partial charge in [-0.2, -0.15) is 0 Å². The zero-order chi connectivity index (χ0) is 14.1. The fourth-order valence-corrected chi connectivity index (χ4v) is 2.17. The quantitative estimate of drug-likeness (QED) is 0.676. The molecule has 0 aromatic rings. The highest BCUT2D eigenvalue weighted by Crippen LogP contribution is 2.37. The summed E-state index contributed by atoms with van der Waals surface area (Å²) in [7, 11) is 1.34. The van der Waals surface area contributed by atoms with Crippen LogP contribution in [-0.2, 0) is 14.3 Å². The van der Waals surface area contributed by atoms with Crippen LogP contribution in [0.5, 0.6) is 0 Å². The zero-order valence-corrected chi connectivity index (χ0v) is 12.1. The Hall–Kier alpha value is -1.26. The first-order chi connectivity index (χ1) is 8.08. The van der Waals surface area contributed by atoms with E-state index < -0.39 is 17.7 Å². The summed E-state index contributed by atoms with van der Waals surface area (Å²) in [6.07, 6.45) is 0.301. The highest BCUT2D eigenvalue weighted by Gasteiger charge is 2.49.